The van der Waals surface area contributed by atoms with Gasteiger partial charge in [0.1, 0.15) is 9.84 Å². The second-order valence-electron chi connectivity index (χ2n) is 4.48. The summed E-state index contributed by atoms with van der Waals surface area (Å²) in [4.78, 5) is 0. The molecule has 0 bridgehead atoms. The summed E-state index contributed by atoms with van der Waals surface area (Å²) in [6.45, 7) is 0.432. The van der Waals surface area contributed by atoms with Gasteiger partial charge in [-0.15, -0.1) is 5.10 Å². The van der Waals surface area contributed by atoms with Crippen molar-refractivity contribution < 1.29 is 8.42 Å². The Morgan fingerprint density at radius 1 is 1.35 bits per heavy atom. The van der Waals surface area contributed by atoms with Gasteiger partial charge < -0.3 is 5.73 Å². The lowest BCUT2D eigenvalue weighted by atomic mass is 10.2. The van der Waals surface area contributed by atoms with Gasteiger partial charge in [0.25, 0.3) is 0 Å². The van der Waals surface area contributed by atoms with Crippen LogP contribution in [0.1, 0.15) is 6.42 Å². The van der Waals surface area contributed by atoms with E-state index < -0.39 is 9.84 Å². The van der Waals surface area contributed by atoms with E-state index in [0.29, 0.717) is 24.5 Å². The zero-order chi connectivity index (χ0) is 14.8. The first-order valence-electron chi connectivity index (χ1n) is 5.85. The SMILES string of the molecule is CS(=O)(=O)CCCn1nnnc1-c1cc(N)cc(Br)c1. The Morgan fingerprint density at radius 3 is 2.75 bits per heavy atom. The minimum absolute atomic E-state index is 0.104. The van der Waals surface area contributed by atoms with E-state index in [1.807, 2.05) is 6.07 Å². The molecule has 0 aliphatic heterocycles. The molecule has 0 saturated heterocycles. The quantitative estimate of drug-likeness (QED) is 0.802. The Kier molecular flexibility index (Phi) is 4.39. The van der Waals surface area contributed by atoms with E-state index in [-0.39, 0.29) is 5.75 Å². The van der Waals surface area contributed by atoms with E-state index in [9.17, 15) is 8.42 Å². The number of tetrazole rings is 1. The molecule has 20 heavy (non-hydrogen) atoms. The van der Waals surface area contributed by atoms with Crippen molar-refractivity contribution in [2.24, 2.45) is 0 Å². The number of rotatable bonds is 5. The van der Waals surface area contributed by atoms with Gasteiger partial charge in [-0.05, 0) is 35.0 Å². The lowest BCUT2D eigenvalue weighted by Crippen LogP contribution is -2.09. The van der Waals surface area contributed by atoms with Crippen LogP contribution in [0, 0.1) is 0 Å². The standard InChI is InChI=1S/C11H14BrN5O2S/c1-20(18,19)4-2-3-17-11(14-15-16-17)8-5-9(12)7-10(13)6-8/h5-7H,2-4,13H2,1H3. The molecule has 1 heterocycles. The summed E-state index contributed by atoms with van der Waals surface area (Å²) < 4.78 is 24.6. The van der Waals surface area contributed by atoms with Crippen molar-refractivity contribution in [3.8, 4) is 11.4 Å². The highest BCUT2D eigenvalue weighted by Crippen LogP contribution is 2.24. The molecule has 0 saturated carbocycles. The van der Waals surface area contributed by atoms with Gasteiger partial charge in [-0.2, -0.15) is 0 Å². The van der Waals surface area contributed by atoms with E-state index in [2.05, 4.69) is 31.5 Å². The van der Waals surface area contributed by atoms with Gasteiger partial charge in [0.15, 0.2) is 5.82 Å². The minimum Gasteiger partial charge on any atom is -0.399 e. The summed E-state index contributed by atoms with van der Waals surface area (Å²) in [5.41, 5.74) is 7.16. The van der Waals surface area contributed by atoms with Crippen molar-refractivity contribution in [3.05, 3.63) is 22.7 Å². The molecule has 0 radical (unpaired) electrons. The third-order valence-corrected chi connectivity index (χ3v) is 4.08. The molecule has 1 aromatic carbocycles. The first-order valence-corrected chi connectivity index (χ1v) is 8.71. The third-order valence-electron chi connectivity index (χ3n) is 2.60. The van der Waals surface area contributed by atoms with Gasteiger partial charge in [-0.3, -0.25) is 0 Å². The number of halogens is 1. The van der Waals surface area contributed by atoms with Crippen LogP contribution in [-0.2, 0) is 16.4 Å². The number of benzene rings is 1. The number of hydrogen-bond donors (Lipinski definition) is 1. The number of anilines is 1. The number of nitrogens with zero attached hydrogens (tertiary/aromatic N) is 4. The Bertz CT molecular complexity index is 693. The summed E-state index contributed by atoms with van der Waals surface area (Å²) in [7, 11) is -2.98. The second kappa shape index (κ2) is 5.88. The van der Waals surface area contributed by atoms with Crippen LogP contribution in [0.2, 0.25) is 0 Å². The fourth-order valence-electron chi connectivity index (χ4n) is 1.78. The third kappa shape index (κ3) is 4.01. The summed E-state index contributed by atoms with van der Waals surface area (Å²) >= 11 is 3.36. The largest absolute Gasteiger partial charge is 0.399 e. The van der Waals surface area contributed by atoms with Gasteiger partial charge in [-0.1, -0.05) is 15.9 Å². The van der Waals surface area contributed by atoms with E-state index in [4.69, 9.17) is 5.73 Å². The molecular weight excluding hydrogens is 346 g/mol. The summed E-state index contributed by atoms with van der Waals surface area (Å²) in [6.07, 6.45) is 1.67. The number of hydrogen-bond acceptors (Lipinski definition) is 6. The first kappa shape index (κ1) is 14.9. The molecule has 0 unspecified atom stereocenters. The number of aryl methyl sites for hydroxylation is 1. The molecule has 0 aliphatic rings. The second-order valence-corrected chi connectivity index (χ2v) is 7.66. The molecule has 7 nitrogen and oxygen atoms in total. The molecule has 108 valence electrons. The molecule has 9 heteroatoms. The maximum Gasteiger partial charge on any atom is 0.182 e. The predicted molar refractivity (Wildman–Crippen MR) is 79.7 cm³/mol. The minimum atomic E-state index is -2.98. The summed E-state index contributed by atoms with van der Waals surface area (Å²) in [5.74, 6) is 0.666. The maximum atomic E-state index is 11.1. The topological polar surface area (TPSA) is 104 Å². The molecule has 0 atom stereocenters. The zero-order valence-corrected chi connectivity index (χ0v) is 13.2. The summed E-state index contributed by atoms with van der Waals surface area (Å²) in [6, 6.07) is 5.40. The van der Waals surface area contributed by atoms with Gasteiger partial charge in [0, 0.05) is 28.5 Å². The maximum absolute atomic E-state index is 11.1. The molecule has 1 aromatic heterocycles. The van der Waals surface area contributed by atoms with E-state index >= 15 is 0 Å². The van der Waals surface area contributed by atoms with Crippen molar-refractivity contribution in [1.82, 2.24) is 20.2 Å². The fraction of sp³-hybridized carbons (Fsp3) is 0.364. The van der Waals surface area contributed by atoms with Crippen LogP contribution in [-0.4, -0.2) is 40.6 Å². The Hall–Kier alpha value is -1.48. The Labute approximate surface area is 125 Å². The molecule has 0 fully saturated rings. The van der Waals surface area contributed by atoms with Crippen LogP contribution >= 0.6 is 15.9 Å². The van der Waals surface area contributed by atoms with Crippen LogP contribution in [0.25, 0.3) is 11.4 Å². The predicted octanol–water partition coefficient (Wildman–Crippen LogP) is 1.12. The average molecular weight is 360 g/mol. The highest BCUT2D eigenvalue weighted by molar-refractivity contribution is 9.10. The number of nitrogen functional groups attached to an aromatic ring is 1. The van der Waals surface area contributed by atoms with Crippen LogP contribution in [0.5, 0.6) is 0 Å². The smallest absolute Gasteiger partial charge is 0.182 e. The first-order chi connectivity index (χ1) is 9.35. The highest BCUT2D eigenvalue weighted by atomic mass is 79.9. The lowest BCUT2D eigenvalue weighted by molar-refractivity contribution is 0.567. The van der Waals surface area contributed by atoms with E-state index in [1.165, 1.54) is 6.26 Å². The normalized spacial score (nSPS) is 11.7. The molecule has 0 spiro atoms. The zero-order valence-electron chi connectivity index (χ0n) is 10.8. The molecule has 2 N–H and O–H groups in total. The van der Waals surface area contributed by atoms with Crippen LogP contribution in [0.15, 0.2) is 22.7 Å². The molecule has 0 aliphatic carbocycles. The van der Waals surface area contributed by atoms with Crippen molar-refractivity contribution in [2.45, 2.75) is 13.0 Å². The van der Waals surface area contributed by atoms with Crippen molar-refractivity contribution in [3.63, 3.8) is 0 Å². The van der Waals surface area contributed by atoms with Crippen LogP contribution in [0.3, 0.4) is 0 Å². The fourth-order valence-corrected chi connectivity index (χ4v) is 2.94. The number of nitrogens with two attached hydrogens (primary N) is 1. The molecule has 2 aromatic rings. The number of sulfone groups is 1. The Morgan fingerprint density at radius 2 is 2.10 bits per heavy atom. The van der Waals surface area contributed by atoms with Gasteiger partial charge >= 0.3 is 0 Å². The molecular formula is C11H14BrN5O2S. The van der Waals surface area contributed by atoms with Crippen molar-refractivity contribution in [1.29, 1.82) is 0 Å². The van der Waals surface area contributed by atoms with Gasteiger partial charge in [0.2, 0.25) is 0 Å². The average Bonchev–Trinajstić information content (AvgIpc) is 2.74. The van der Waals surface area contributed by atoms with Gasteiger partial charge in [-0.25, -0.2) is 13.1 Å². The Balaban J connectivity index is 2.20. The summed E-state index contributed by atoms with van der Waals surface area (Å²) in [5, 5.41) is 11.5. The van der Waals surface area contributed by atoms with Crippen LogP contribution in [0.4, 0.5) is 5.69 Å². The van der Waals surface area contributed by atoms with Crippen molar-refractivity contribution >= 4 is 31.5 Å². The monoisotopic (exact) mass is 359 g/mol. The van der Waals surface area contributed by atoms with Crippen molar-refractivity contribution in [2.75, 3.05) is 17.7 Å². The highest BCUT2D eigenvalue weighted by Gasteiger charge is 2.11. The number of aromatic nitrogens is 4. The van der Waals surface area contributed by atoms with Crippen LogP contribution < -0.4 is 5.73 Å². The van der Waals surface area contributed by atoms with E-state index in [1.54, 1.807) is 16.8 Å². The lowest BCUT2D eigenvalue weighted by Gasteiger charge is -2.05. The molecule has 0 amide bonds. The van der Waals surface area contributed by atoms with E-state index in [0.717, 1.165) is 10.0 Å². The molecule has 2 rings (SSSR count). The van der Waals surface area contributed by atoms with Gasteiger partial charge in [0.05, 0.1) is 5.75 Å².